The van der Waals surface area contributed by atoms with Crippen LogP contribution in [0, 0.1) is 0 Å². The lowest BCUT2D eigenvalue weighted by atomic mass is 10.1. The molecule has 0 aliphatic carbocycles. The first-order valence-corrected chi connectivity index (χ1v) is 9.57. The van der Waals surface area contributed by atoms with Gasteiger partial charge in [0.2, 0.25) is 5.95 Å². The van der Waals surface area contributed by atoms with E-state index in [2.05, 4.69) is 25.2 Å². The maximum Gasteiger partial charge on any atom is 0.257 e. The molecule has 7 nitrogen and oxygen atoms in total. The van der Waals surface area contributed by atoms with Crippen LogP contribution in [-0.4, -0.2) is 47.0 Å². The topological polar surface area (TPSA) is 83.1 Å². The Hall–Kier alpha value is -3.71. The van der Waals surface area contributed by atoms with Crippen molar-refractivity contribution >= 4 is 22.9 Å². The highest BCUT2D eigenvalue weighted by molar-refractivity contribution is 6.05. The molecule has 0 fully saturated rings. The number of imidazole rings is 1. The van der Waals surface area contributed by atoms with Gasteiger partial charge in [0, 0.05) is 30.1 Å². The Morgan fingerprint density at radius 1 is 1.07 bits per heavy atom. The molecular formula is C23H23N5O2. The van der Waals surface area contributed by atoms with E-state index in [1.54, 1.807) is 19.5 Å². The van der Waals surface area contributed by atoms with Gasteiger partial charge in [-0.3, -0.25) is 15.1 Å². The molecule has 7 heteroatoms. The highest BCUT2D eigenvalue weighted by Crippen LogP contribution is 2.33. The van der Waals surface area contributed by atoms with E-state index in [9.17, 15) is 4.79 Å². The summed E-state index contributed by atoms with van der Waals surface area (Å²) >= 11 is 0. The fourth-order valence-corrected chi connectivity index (χ4v) is 3.37. The molecule has 0 aliphatic heterocycles. The monoisotopic (exact) mass is 401 g/mol. The van der Waals surface area contributed by atoms with Crippen LogP contribution in [0.5, 0.6) is 5.75 Å². The van der Waals surface area contributed by atoms with Gasteiger partial charge in [0.15, 0.2) is 0 Å². The number of amides is 1. The number of H-pyrrole nitrogens is 1. The van der Waals surface area contributed by atoms with Crippen LogP contribution in [0.2, 0.25) is 0 Å². The van der Waals surface area contributed by atoms with Gasteiger partial charge in [0.1, 0.15) is 16.8 Å². The second-order valence-corrected chi connectivity index (χ2v) is 7.25. The van der Waals surface area contributed by atoms with Crippen molar-refractivity contribution < 1.29 is 9.53 Å². The van der Waals surface area contributed by atoms with Gasteiger partial charge < -0.3 is 14.6 Å². The van der Waals surface area contributed by atoms with Crippen molar-refractivity contribution in [3.05, 3.63) is 72.1 Å². The Morgan fingerprint density at radius 2 is 1.80 bits per heavy atom. The van der Waals surface area contributed by atoms with Gasteiger partial charge in [-0.05, 0) is 61.6 Å². The van der Waals surface area contributed by atoms with E-state index >= 15 is 0 Å². The quantitative estimate of drug-likeness (QED) is 0.511. The number of fused-ring (bicyclic) bond motifs is 1. The molecule has 30 heavy (non-hydrogen) atoms. The van der Waals surface area contributed by atoms with Crippen LogP contribution in [0.25, 0.3) is 22.2 Å². The van der Waals surface area contributed by atoms with E-state index in [1.165, 1.54) is 0 Å². The third kappa shape index (κ3) is 4.01. The number of carbonyl (C=O) groups is 1. The van der Waals surface area contributed by atoms with Crippen LogP contribution in [0.15, 0.2) is 60.9 Å². The van der Waals surface area contributed by atoms with E-state index in [0.29, 0.717) is 17.3 Å². The first-order chi connectivity index (χ1) is 14.5. The molecular weight excluding hydrogens is 378 g/mol. The molecule has 4 aromatic rings. The number of pyridine rings is 1. The molecule has 0 spiro atoms. The minimum atomic E-state index is -0.227. The van der Waals surface area contributed by atoms with E-state index in [-0.39, 0.29) is 5.91 Å². The highest BCUT2D eigenvalue weighted by atomic mass is 16.5. The number of nitrogens with zero attached hydrogens (tertiary/aromatic N) is 3. The molecule has 152 valence electrons. The Balaban J connectivity index is 1.64. The normalized spacial score (nSPS) is 11.1. The van der Waals surface area contributed by atoms with Gasteiger partial charge in [-0.1, -0.05) is 12.1 Å². The van der Waals surface area contributed by atoms with E-state index in [1.807, 2.05) is 62.6 Å². The molecule has 0 saturated heterocycles. The van der Waals surface area contributed by atoms with Crippen LogP contribution < -0.4 is 10.1 Å². The number of carbonyl (C=O) groups excluding carboxylic acids is 1. The summed E-state index contributed by atoms with van der Waals surface area (Å²) in [5.74, 6) is 0.797. The SMILES string of the molecule is COc1ccc(-c2ccncc2)c2nc(NC(=O)c3ccc(CN(C)C)cc3)[nH]c12. The number of aromatic nitrogens is 3. The predicted octanol–water partition coefficient (Wildman–Crippen LogP) is 3.95. The molecule has 2 heterocycles. The van der Waals surface area contributed by atoms with E-state index < -0.39 is 0 Å². The van der Waals surface area contributed by atoms with Crippen LogP contribution in [-0.2, 0) is 6.54 Å². The third-order valence-corrected chi connectivity index (χ3v) is 4.76. The first kappa shape index (κ1) is 19.6. The zero-order chi connectivity index (χ0) is 21.1. The lowest BCUT2D eigenvalue weighted by Gasteiger charge is -2.09. The number of rotatable bonds is 6. The van der Waals surface area contributed by atoms with Crippen molar-refractivity contribution in [2.24, 2.45) is 0 Å². The number of nitrogens with one attached hydrogen (secondary N) is 2. The summed E-state index contributed by atoms with van der Waals surface area (Å²) in [5.41, 5.74) is 5.07. The molecule has 0 aliphatic rings. The maximum absolute atomic E-state index is 12.7. The third-order valence-electron chi connectivity index (χ3n) is 4.76. The summed E-state index contributed by atoms with van der Waals surface area (Å²) in [6, 6.07) is 15.2. The minimum Gasteiger partial charge on any atom is -0.494 e. The summed E-state index contributed by atoms with van der Waals surface area (Å²) < 4.78 is 5.47. The van der Waals surface area contributed by atoms with Crippen molar-refractivity contribution in [3.63, 3.8) is 0 Å². The van der Waals surface area contributed by atoms with Gasteiger partial charge in [-0.15, -0.1) is 0 Å². The molecule has 0 atom stereocenters. The number of hydrogen-bond acceptors (Lipinski definition) is 5. The second-order valence-electron chi connectivity index (χ2n) is 7.25. The predicted molar refractivity (Wildman–Crippen MR) is 118 cm³/mol. The van der Waals surface area contributed by atoms with Crippen LogP contribution in [0.3, 0.4) is 0 Å². The maximum atomic E-state index is 12.7. The Bertz CT molecular complexity index is 1170. The molecule has 1 amide bonds. The number of aromatic amines is 1. The minimum absolute atomic E-state index is 0.227. The van der Waals surface area contributed by atoms with Gasteiger partial charge in [0.05, 0.1) is 7.11 Å². The number of methoxy groups -OCH3 is 1. The molecule has 0 radical (unpaired) electrons. The summed E-state index contributed by atoms with van der Waals surface area (Å²) in [5, 5.41) is 2.85. The molecule has 0 unspecified atom stereocenters. The molecule has 0 bridgehead atoms. The fraction of sp³-hybridized carbons (Fsp3) is 0.174. The number of benzene rings is 2. The van der Waals surface area contributed by atoms with Crippen molar-refractivity contribution in [3.8, 4) is 16.9 Å². The molecule has 4 rings (SSSR count). The van der Waals surface area contributed by atoms with Crippen LogP contribution >= 0.6 is 0 Å². The number of hydrogen-bond donors (Lipinski definition) is 2. The molecule has 2 N–H and O–H groups in total. The average Bonchev–Trinajstić information content (AvgIpc) is 3.17. The van der Waals surface area contributed by atoms with Crippen LogP contribution in [0.4, 0.5) is 5.95 Å². The van der Waals surface area contributed by atoms with E-state index in [0.717, 1.165) is 34.3 Å². The summed E-state index contributed by atoms with van der Waals surface area (Å²) in [6.45, 7) is 0.822. The average molecular weight is 401 g/mol. The molecule has 0 saturated carbocycles. The summed E-state index contributed by atoms with van der Waals surface area (Å²) in [6.07, 6.45) is 3.47. The Labute approximate surface area is 174 Å². The van der Waals surface area contributed by atoms with Gasteiger partial charge in [-0.25, -0.2) is 4.98 Å². The highest BCUT2D eigenvalue weighted by Gasteiger charge is 2.15. The van der Waals surface area contributed by atoms with E-state index in [4.69, 9.17) is 4.74 Å². The van der Waals surface area contributed by atoms with Crippen molar-refractivity contribution in [1.29, 1.82) is 0 Å². The zero-order valence-corrected chi connectivity index (χ0v) is 17.1. The number of ether oxygens (including phenoxy) is 1. The smallest absolute Gasteiger partial charge is 0.257 e. The van der Waals surface area contributed by atoms with Gasteiger partial charge in [0.25, 0.3) is 5.91 Å². The first-order valence-electron chi connectivity index (χ1n) is 9.57. The fourth-order valence-electron chi connectivity index (χ4n) is 3.37. The summed E-state index contributed by atoms with van der Waals surface area (Å²) in [4.78, 5) is 26.7. The standard InChI is InChI=1S/C23H23N5O2/c1-28(2)14-15-4-6-17(7-5-15)22(29)27-23-25-20-18(16-10-12-24-13-11-16)8-9-19(30-3)21(20)26-23/h4-13H,14H2,1-3H3,(H2,25,26,27,29). The Kier molecular flexibility index (Phi) is 5.45. The summed E-state index contributed by atoms with van der Waals surface area (Å²) in [7, 11) is 5.63. The zero-order valence-electron chi connectivity index (χ0n) is 17.1. The van der Waals surface area contributed by atoms with Crippen molar-refractivity contribution in [2.75, 3.05) is 26.5 Å². The van der Waals surface area contributed by atoms with Crippen molar-refractivity contribution in [2.45, 2.75) is 6.54 Å². The lowest BCUT2D eigenvalue weighted by molar-refractivity contribution is 0.102. The van der Waals surface area contributed by atoms with Gasteiger partial charge >= 0.3 is 0 Å². The van der Waals surface area contributed by atoms with Crippen molar-refractivity contribution in [1.82, 2.24) is 19.9 Å². The molecule has 2 aromatic carbocycles. The molecule has 2 aromatic heterocycles. The van der Waals surface area contributed by atoms with Crippen LogP contribution in [0.1, 0.15) is 15.9 Å². The number of anilines is 1. The lowest BCUT2D eigenvalue weighted by Crippen LogP contribution is -2.14. The van der Waals surface area contributed by atoms with Gasteiger partial charge in [-0.2, -0.15) is 0 Å². The second kappa shape index (κ2) is 8.34. The largest absolute Gasteiger partial charge is 0.494 e. The Morgan fingerprint density at radius 3 is 2.47 bits per heavy atom.